The molecule has 0 fully saturated rings. The molecule has 0 bridgehead atoms. The van der Waals surface area contributed by atoms with Crippen molar-refractivity contribution in [2.45, 2.75) is 38.2 Å². The Morgan fingerprint density at radius 2 is 1.29 bits per heavy atom. The Balaban J connectivity index is 5.48. The molecule has 0 aromatic heterocycles. The van der Waals surface area contributed by atoms with Crippen molar-refractivity contribution >= 4 is 23.9 Å². The van der Waals surface area contributed by atoms with Gasteiger partial charge in [0, 0.05) is 6.42 Å². The van der Waals surface area contributed by atoms with Gasteiger partial charge in [0.2, 0.25) is 5.60 Å². The molecule has 0 spiro atoms. The molecule has 0 saturated carbocycles. The van der Waals surface area contributed by atoms with Gasteiger partial charge in [-0.1, -0.05) is 6.92 Å². The van der Waals surface area contributed by atoms with Crippen LogP contribution >= 0.6 is 0 Å². The molecule has 120 valence electrons. The van der Waals surface area contributed by atoms with Gasteiger partial charge in [0.05, 0.1) is 34.2 Å². The molecule has 0 radical (unpaired) electrons. The van der Waals surface area contributed by atoms with Crippen molar-refractivity contribution in [1.82, 2.24) is 0 Å². The normalized spacial score (nSPS) is 10.5. The smallest absolute Gasteiger partial charge is 0.351 e. The van der Waals surface area contributed by atoms with E-state index in [1.54, 1.807) is 6.92 Å². The van der Waals surface area contributed by atoms with E-state index in [4.69, 9.17) is 4.74 Å². The first kappa shape index (κ1) is 18.9. The van der Waals surface area contributed by atoms with E-state index in [2.05, 4.69) is 14.2 Å². The number of methoxy groups -OCH3 is 3. The molecular weight excluding hydrogens is 284 g/mol. The fourth-order valence-corrected chi connectivity index (χ4v) is 1.59. The number of ether oxygens (including phenoxy) is 4. The number of esters is 4. The van der Waals surface area contributed by atoms with Gasteiger partial charge in [-0.2, -0.15) is 0 Å². The maximum Gasteiger partial charge on any atom is 0.351 e. The van der Waals surface area contributed by atoms with E-state index in [0.717, 1.165) is 21.3 Å². The average molecular weight is 304 g/mol. The molecule has 8 heteroatoms. The quantitative estimate of drug-likeness (QED) is 0.468. The lowest BCUT2D eigenvalue weighted by atomic mass is 9.95. The zero-order chi connectivity index (χ0) is 16.5. The van der Waals surface area contributed by atoms with Crippen LogP contribution in [0.1, 0.15) is 32.6 Å². The summed E-state index contributed by atoms with van der Waals surface area (Å²) in [7, 11) is 3.27. The fourth-order valence-electron chi connectivity index (χ4n) is 1.59. The first-order valence-electron chi connectivity index (χ1n) is 6.29. The molecule has 0 atom stereocenters. The standard InChI is InChI=1S/C13H20O8/c1-5-6-9(14)21-13(12(17)20-4,7-10(15)18-2)8-11(16)19-3/h5-8H2,1-4H3. The summed E-state index contributed by atoms with van der Waals surface area (Å²) in [6, 6.07) is 0. The van der Waals surface area contributed by atoms with Crippen LogP contribution in [0.4, 0.5) is 0 Å². The molecule has 21 heavy (non-hydrogen) atoms. The first-order chi connectivity index (χ1) is 9.84. The van der Waals surface area contributed by atoms with E-state index in [1.165, 1.54) is 0 Å². The average Bonchev–Trinajstić information content (AvgIpc) is 2.45. The van der Waals surface area contributed by atoms with Crippen molar-refractivity contribution in [1.29, 1.82) is 0 Å². The number of carbonyl (C=O) groups is 4. The highest BCUT2D eigenvalue weighted by Gasteiger charge is 2.48. The largest absolute Gasteiger partial charge is 0.469 e. The molecule has 0 saturated heterocycles. The van der Waals surface area contributed by atoms with Crippen LogP contribution in [0.2, 0.25) is 0 Å². The summed E-state index contributed by atoms with van der Waals surface area (Å²) in [5.74, 6) is -3.40. The van der Waals surface area contributed by atoms with Gasteiger partial charge in [0.25, 0.3) is 0 Å². The van der Waals surface area contributed by atoms with Crippen LogP contribution in [0.5, 0.6) is 0 Å². The Hall–Kier alpha value is -2.12. The van der Waals surface area contributed by atoms with E-state index in [9.17, 15) is 19.2 Å². The zero-order valence-electron chi connectivity index (χ0n) is 12.6. The summed E-state index contributed by atoms with van der Waals surface area (Å²) >= 11 is 0. The molecule has 0 aliphatic carbocycles. The second-order valence-electron chi connectivity index (χ2n) is 4.22. The first-order valence-corrected chi connectivity index (χ1v) is 6.29. The Labute approximate surface area is 122 Å². The van der Waals surface area contributed by atoms with Crippen molar-refractivity contribution in [2.24, 2.45) is 0 Å². The highest BCUT2D eigenvalue weighted by molar-refractivity contribution is 5.92. The maximum absolute atomic E-state index is 12.0. The summed E-state index contributed by atoms with van der Waals surface area (Å²) in [5, 5.41) is 0. The Bertz CT molecular complexity index is 383. The summed E-state index contributed by atoms with van der Waals surface area (Å²) in [4.78, 5) is 46.6. The Morgan fingerprint density at radius 3 is 1.62 bits per heavy atom. The number of hydrogen-bond acceptors (Lipinski definition) is 8. The summed E-state index contributed by atoms with van der Waals surface area (Å²) in [6.45, 7) is 1.74. The van der Waals surface area contributed by atoms with Crippen molar-refractivity contribution < 1.29 is 38.1 Å². The van der Waals surface area contributed by atoms with Crippen LogP contribution in [0.15, 0.2) is 0 Å². The monoisotopic (exact) mass is 304 g/mol. The van der Waals surface area contributed by atoms with Gasteiger partial charge in [-0.25, -0.2) is 4.79 Å². The number of hydrogen-bond donors (Lipinski definition) is 0. The second kappa shape index (κ2) is 8.93. The minimum absolute atomic E-state index is 0.0289. The number of rotatable bonds is 8. The van der Waals surface area contributed by atoms with Crippen LogP contribution in [-0.4, -0.2) is 50.8 Å². The second-order valence-corrected chi connectivity index (χ2v) is 4.22. The van der Waals surface area contributed by atoms with Crippen molar-refractivity contribution in [3.05, 3.63) is 0 Å². The van der Waals surface area contributed by atoms with Crippen LogP contribution in [-0.2, 0) is 38.1 Å². The van der Waals surface area contributed by atoms with Gasteiger partial charge in [-0.15, -0.1) is 0 Å². The lowest BCUT2D eigenvalue weighted by molar-refractivity contribution is -0.189. The number of carbonyl (C=O) groups excluding carboxylic acids is 4. The van der Waals surface area contributed by atoms with E-state index in [0.29, 0.717) is 6.42 Å². The molecular formula is C13H20O8. The predicted molar refractivity (Wildman–Crippen MR) is 69.0 cm³/mol. The van der Waals surface area contributed by atoms with E-state index in [1.807, 2.05) is 0 Å². The van der Waals surface area contributed by atoms with E-state index < -0.39 is 42.3 Å². The fraction of sp³-hybridized carbons (Fsp3) is 0.692. The molecule has 0 aliphatic rings. The lowest BCUT2D eigenvalue weighted by Gasteiger charge is -2.28. The SMILES string of the molecule is CCCC(=O)OC(CC(=O)OC)(CC(=O)OC)C(=O)OC. The van der Waals surface area contributed by atoms with Gasteiger partial charge in [0.1, 0.15) is 0 Å². The summed E-state index contributed by atoms with van der Waals surface area (Å²) in [6.07, 6.45) is -0.769. The van der Waals surface area contributed by atoms with Crippen molar-refractivity contribution in [2.75, 3.05) is 21.3 Å². The van der Waals surface area contributed by atoms with E-state index in [-0.39, 0.29) is 6.42 Å². The van der Waals surface area contributed by atoms with Gasteiger partial charge in [-0.05, 0) is 6.42 Å². The van der Waals surface area contributed by atoms with Gasteiger partial charge < -0.3 is 18.9 Å². The third-order valence-corrected chi connectivity index (χ3v) is 2.64. The topological polar surface area (TPSA) is 105 Å². The summed E-state index contributed by atoms with van der Waals surface area (Å²) < 4.78 is 18.5. The molecule has 8 nitrogen and oxygen atoms in total. The summed E-state index contributed by atoms with van der Waals surface area (Å²) in [5.41, 5.74) is -2.08. The van der Waals surface area contributed by atoms with Gasteiger partial charge >= 0.3 is 23.9 Å². The molecule has 0 rings (SSSR count). The highest BCUT2D eigenvalue weighted by Crippen LogP contribution is 2.25. The minimum Gasteiger partial charge on any atom is -0.469 e. The molecule has 0 aromatic carbocycles. The lowest BCUT2D eigenvalue weighted by Crippen LogP contribution is -2.48. The molecule has 0 amide bonds. The maximum atomic E-state index is 12.0. The Kier molecular flexibility index (Phi) is 8.03. The third kappa shape index (κ3) is 5.80. The molecule has 0 aliphatic heterocycles. The predicted octanol–water partition coefficient (Wildman–Crippen LogP) is 0.368. The molecule has 0 aromatic rings. The van der Waals surface area contributed by atoms with Crippen LogP contribution < -0.4 is 0 Å². The molecule has 0 N–H and O–H groups in total. The van der Waals surface area contributed by atoms with Crippen LogP contribution in [0.3, 0.4) is 0 Å². The van der Waals surface area contributed by atoms with Crippen molar-refractivity contribution in [3.8, 4) is 0 Å². The minimum atomic E-state index is -2.08. The zero-order valence-corrected chi connectivity index (χ0v) is 12.6. The van der Waals surface area contributed by atoms with Crippen LogP contribution in [0.25, 0.3) is 0 Å². The highest BCUT2D eigenvalue weighted by atomic mass is 16.6. The molecule has 0 unspecified atom stereocenters. The molecule has 0 heterocycles. The van der Waals surface area contributed by atoms with Gasteiger partial charge in [0.15, 0.2) is 0 Å². The Morgan fingerprint density at radius 1 is 0.810 bits per heavy atom. The van der Waals surface area contributed by atoms with Crippen LogP contribution in [0, 0.1) is 0 Å². The van der Waals surface area contributed by atoms with Crippen molar-refractivity contribution in [3.63, 3.8) is 0 Å². The van der Waals surface area contributed by atoms with Gasteiger partial charge in [-0.3, -0.25) is 14.4 Å². The van der Waals surface area contributed by atoms with E-state index >= 15 is 0 Å². The third-order valence-electron chi connectivity index (χ3n) is 2.64.